The minimum Gasteiger partial charge on any atom is -0.497 e. The standard InChI is InChI=1S/C25H31N5O4/c1-32-21-8-9-22(33-2)19(16-21)17-29-13-11-24-28-27-23(30(24)15-14-29)10-12-26-25(31)18-34-20-6-4-3-5-7-20/h3-9,16H,10-15,17-18H2,1-2H3,(H,26,31). The first-order chi connectivity index (χ1) is 16.7. The van der Waals surface area contributed by atoms with Gasteiger partial charge in [-0.1, -0.05) is 18.2 Å². The molecule has 1 aliphatic rings. The highest BCUT2D eigenvalue weighted by atomic mass is 16.5. The molecule has 0 atom stereocenters. The van der Waals surface area contributed by atoms with Gasteiger partial charge in [-0.2, -0.15) is 0 Å². The molecule has 9 nitrogen and oxygen atoms in total. The van der Waals surface area contributed by atoms with Crippen molar-refractivity contribution < 1.29 is 19.0 Å². The number of para-hydroxylation sites is 1. The number of carbonyl (C=O) groups is 1. The van der Waals surface area contributed by atoms with Gasteiger partial charge in [-0.15, -0.1) is 10.2 Å². The number of methoxy groups -OCH3 is 2. The summed E-state index contributed by atoms with van der Waals surface area (Å²) in [5.74, 6) is 4.07. The first kappa shape index (κ1) is 23.6. The minimum atomic E-state index is -0.155. The molecule has 1 amide bonds. The van der Waals surface area contributed by atoms with E-state index in [-0.39, 0.29) is 12.5 Å². The lowest BCUT2D eigenvalue weighted by atomic mass is 10.1. The number of rotatable bonds is 10. The normalized spacial score (nSPS) is 13.6. The number of hydrogen-bond donors (Lipinski definition) is 1. The number of ether oxygens (including phenoxy) is 3. The monoisotopic (exact) mass is 465 g/mol. The molecule has 0 fully saturated rings. The van der Waals surface area contributed by atoms with Crippen LogP contribution < -0.4 is 19.5 Å². The van der Waals surface area contributed by atoms with Crippen molar-refractivity contribution in [1.29, 1.82) is 0 Å². The SMILES string of the molecule is COc1ccc(OC)c(CN2CCc3nnc(CCNC(=O)COc4ccccc4)n3CC2)c1. The third-order valence-electron chi connectivity index (χ3n) is 5.86. The summed E-state index contributed by atoms with van der Waals surface area (Å²) in [6.45, 7) is 3.80. The third kappa shape index (κ3) is 6.05. The molecule has 0 radical (unpaired) electrons. The zero-order chi connectivity index (χ0) is 23.8. The zero-order valence-electron chi connectivity index (χ0n) is 19.7. The highest BCUT2D eigenvalue weighted by Gasteiger charge is 2.20. The van der Waals surface area contributed by atoms with Gasteiger partial charge in [0.25, 0.3) is 5.91 Å². The Kier molecular flexibility index (Phi) is 7.98. The van der Waals surface area contributed by atoms with Crippen LogP contribution in [-0.4, -0.2) is 66.0 Å². The summed E-state index contributed by atoms with van der Waals surface area (Å²) in [6.07, 6.45) is 1.43. The van der Waals surface area contributed by atoms with E-state index in [0.717, 1.165) is 61.3 Å². The molecular weight excluding hydrogens is 434 g/mol. The lowest BCUT2D eigenvalue weighted by Crippen LogP contribution is -2.31. The van der Waals surface area contributed by atoms with E-state index in [9.17, 15) is 4.79 Å². The molecule has 0 aliphatic carbocycles. The van der Waals surface area contributed by atoms with Gasteiger partial charge in [0, 0.05) is 51.1 Å². The Balaban J connectivity index is 1.27. The molecule has 3 aromatic rings. The van der Waals surface area contributed by atoms with E-state index in [1.807, 2.05) is 48.5 Å². The molecule has 34 heavy (non-hydrogen) atoms. The van der Waals surface area contributed by atoms with Gasteiger partial charge in [-0.25, -0.2) is 0 Å². The summed E-state index contributed by atoms with van der Waals surface area (Å²) in [7, 11) is 3.36. The van der Waals surface area contributed by atoms with Crippen molar-refractivity contribution in [3.63, 3.8) is 0 Å². The Bertz CT molecular complexity index is 1090. The van der Waals surface area contributed by atoms with Crippen LogP contribution in [-0.2, 0) is 30.7 Å². The van der Waals surface area contributed by atoms with E-state index in [1.54, 1.807) is 14.2 Å². The molecule has 2 aromatic carbocycles. The number of hydrogen-bond acceptors (Lipinski definition) is 7. The maximum atomic E-state index is 12.1. The van der Waals surface area contributed by atoms with E-state index in [4.69, 9.17) is 14.2 Å². The molecule has 0 spiro atoms. The quantitative estimate of drug-likeness (QED) is 0.490. The Morgan fingerprint density at radius 3 is 2.65 bits per heavy atom. The highest BCUT2D eigenvalue weighted by molar-refractivity contribution is 5.77. The fourth-order valence-electron chi connectivity index (χ4n) is 4.05. The number of carbonyl (C=O) groups excluding carboxylic acids is 1. The Morgan fingerprint density at radius 1 is 1.00 bits per heavy atom. The molecule has 2 heterocycles. The minimum absolute atomic E-state index is 0.00928. The van der Waals surface area contributed by atoms with Gasteiger partial charge in [0.05, 0.1) is 14.2 Å². The maximum absolute atomic E-state index is 12.1. The van der Waals surface area contributed by atoms with Crippen LogP contribution in [0, 0.1) is 0 Å². The summed E-state index contributed by atoms with van der Waals surface area (Å²) in [6, 6.07) is 15.2. The lowest BCUT2D eigenvalue weighted by molar-refractivity contribution is -0.123. The first-order valence-electron chi connectivity index (χ1n) is 11.4. The molecule has 1 aromatic heterocycles. The van der Waals surface area contributed by atoms with E-state index in [1.165, 1.54) is 0 Å². The number of benzene rings is 2. The van der Waals surface area contributed by atoms with Crippen molar-refractivity contribution in [2.45, 2.75) is 25.9 Å². The predicted molar refractivity (Wildman–Crippen MR) is 127 cm³/mol. The molecule has 0 saturated heterocycles. The number of aromatic nitrogens is 3. The second kappa shape index (κ2) is 11.5. The van der Waals surface area contributed by atoms with Gasteiger partial charge >= 0.3 is 0 Å². The highest BCUT2D eigenvalue weighted by Crippen LogP contribution is 2.26. The Morgan fingerprint density at radius 2 is 1.85 bits per heavy atom. The summed E-state index contributed by atoms with van der Waals surface area (Å²) >= 11 is 0. The van der Waals surface area contributed by atoms with E-state index < -0.39 is 0 Å². The summed E-state index contributed by atoms with van der Waals surface area (Å²) in [5.41, 5.74) is 1.10. The molecule has 0 unspecified atom stereocenters. The Hall–Kier alpha value is -3.59. The van der Waals surface area contributed by atoms with Gasteiger partial charge in [0.2, 0.25) is 0 Å². The van der Waals surface area contributed by atoms with Crippen molar-refractivity contribution in [1.82, 2.24) is 25.0 Å². The van der Waals surface area contributed by atoms with Crippen molar-refractivity contribution in [3.05, 3.63) is 65.7 Å². The molecule has 0 saturated carbocycles. The second-order valence-electron chi connectivity index (χ2n) is 8.09. The third-order valence-corrected chi connectivity index (χ3v) is 5.86. The van der Waals surface area contributed by atoms with Crippen LogP contribution in [0.2, 0.25) is 0 Å². The smallest absolute Gasteiger partial charge is 0.257 e. The number of nitrogens with zero attached hydrogens (tertiary/aromatic N) is 4. The van der Waals surface area contributed by atoms with Crippen LogP contribution >= 0.6 is 0 Å². The molecule has 0 bridgehead atoms. The molecular formula is C25H31N5O4. The number of fused-ring (bicyclic) bond motifs is 1. The van der Waals surface area contributed by atoms with Crippen LogP contribution in [0.4, 0.5) is 0 Å². The van der Waals surface area contributed by atoms with E-state index >= 15 is 0 Å². The van der Waals surface area contributed by atoms with Crippen LogP contribution in [0.3, 0.4) is 0 Å². The van der Waals surface area contributed by atoms with E-state index in [2.05, 4.69) is 25.0 Å². The van der Waals surface area contributed by atoms with Crippen LogP contribution in [0.25, 0.3) is 0 Å². The number of amides is 1. The topological polar surface area (TPSA) is 90.7 Å². The van der Waals surface area contributed by atoms with Crippen molar-refractivity contribution >= 4 is 5.91 Å². The van der Waals surface area contributed by atoms with Crippen molar-refractivity contribution in [3.8, 4) is 17.2 Å². The predicted octanol–water partition coefficient (Wildman–Crippen LogP) is 2.09. The van der Waals surface area contributed by atoms with Gasteiger partial charge in [-0.3, -0.25) is 9.69 Å². The molecule has 1 N–H and O–H groups in total. The zero-order valence-corrected chi connectivity index (χ0v) is 19.7. The largest absolute Gasteiger partial charge is 0.497 e. The Labute approximate surface area is 199 Å². The van der Waals surface area contributed by atoms with Gasteiger partial charge < -0.3 is 24.1 Å². The maximum Gasteiger partial charge on any atom is 0.257 e. The van der Waals surface area contributed by atoms with Gasteiger partial charge in [0.1, 0.15) is 28.9 Å². The first-order valence-corrected chi connectivity index (χ1v) is 11.4. The van der Waals surface area contributed by atoms with Crippen LogP contribution in [0.1, 0.15) is 17.2 Å². The molecule has 9 heteroatoms. The molecule has 4 rings (SSSR count). The summed E-state index contributed by atoms with van der Waals surface area (Å²) in [4.78, 5) is 14.5. The van der Waals surface area contributed by atoms with Crippen molar-refractivity contribution in [2.24, 2.45) is 0 Å². The van der Waals surface area contributed by atoms with Gasteiger partial charge in [0.15, 0.2) is 6.61 Å². The fraction of sp³-hybridized carbons (Fsp3) is 0.400. The summed E-state index contributed by atoms with van der Waals surface area (Å²) in [5, 5.41) is 11.7. The van der Waals surface area contributed by atoms with Crippen LogP contribution in [0.15, 0.2) is 48.5 Å². The number of nitrogens with one attached hydrogen (secondary N) is 1. The second-order valence-corrected chi connectivity index (χ2v) is 8.09. The molecule has 1 aliphatic heterocycles. The fourth-order valence-corrected chi connectivity index (χ4v) is 4.05. The average Bonchev–Trinajstić information content (AvgIpc) is 3.14. The summed E-state index contributed by atoms with van der Waals surface area (Å²) < 4.78 is 18.6. The van der Waals surface area contributed by atoms with E-state index in [0.29, 0.717) is 18.7 Å². The molecule has 180 valence electrons. The van der Waals surface area contributed by atoms with Crippen molar-refractivity contribution in [2.75, 3.05) is 40.5 Å². The van der Waals surface area contributed by atoms with Gasteiger partial charge in [-0.05, 0) is 30.3 Å². The lowest BCUT2D eigenvalue weighted by Gasteiger charge is -2.21. The average molecular weight is 466 g/mol. The van der Waals surface area contributed by atoms with Crippen LogP contribution in [0.5, 0.6) is 17.2 Å².